The highest BCUT2D eigenvalue weighted by Gasteiger charge is 2.10. The first-order valence-corrected chi connectivity index (χ1v) is 8.07. The second-order valence-electron chi connectivity index (χ2n) is 5.83. The van der Waals surface area contributed by atoms with Crippen molar-refractivity contribution in [1.29, 1.82) is 0 Å². The number of carbonyl (C=O) groups excluding carboxylic acids is 2. The first-order chi connectivity index (χ1) is 12.5. The van der Waals surface area contributed by atoms with E-state index in [0.29, 0.717) is 16.8 Å². The Morgan fingerprint density at radius 2 is 1.38 bits per heavy atom. The molecule has 0 spiro atoms. The molecule has 3 aromatic rings. The molecule has 3 rings (SSSR count). The number of amides is 2. The molecule has 0 aliphatic rings. The largest absolute Gasteiger partial charge is 0.322 e. The highest BCUT2D eigenvalue weighted by molar-refractivity contribution is 6.06. The van der Waals surface area contributed by atoms with E-state index in [1.807, 2.05) is 6.07 Å². The fourth-order valence-corrected chi connectivity index (χ4v) is 2.41. The van der Waals surface area contributed by atoms with E-state index in [1.54, 1.807) is 61.5 Å². The summed E-state index contributed by atoms with van der Waals surface area (Å²) in [6.45, 7) is 1.77. The van der Waals surface area contributed by atoms with Gasteiger partial charge in [-0.3, -0.25) is 9.59 Å². The average molecular weight is 348 g/mol. The van der Waals surface area contributed by atoms with Crippen LogP contribution in [0.25, 0.3) is 0 Å². The summed E-state index contributed by atoms with van der Waals surface area (Å²) in [6.07, 6.45) is 0. The first kappa shape index (κ1) is 17.4. The molecule has 0 unspecified atom stereocenters. The lowest BCUT2D eigenvalue weighted by atomic mass is 10.1. The minimum Gasteiger partial charge on any atom is -0.322 e. The molecule has 0 aromatic heterocycles. The van der Waals surface area contributed by atoms with Crippen LogP contribution < -0.4 is 10.6 Å². The van der Waals surface area contributed by atoms with Gasteiger partial charge in [0, 0.05) is 16.8 Å². The molecule has 4 nitrogen and oxygen atoms in total. The van der Waals surface area contributed by atoms with Gasteiger partial charge in [0.1, 0.15) is 5.82 Å². The highest BCUT2D eigenvalue weighted by Crippen LogP contribution is 2.17. The standard InChI is InChI=1S/C21H17FN2O2/c1-14-7-12-19(18(22)13-14)24-21(26)16-8-10-17(11-9-16)23-20(25)15-5-3-2-4-6-15/h2-13H,1H3,(H,23,25)(H,24,26). The molecule has 26 heavy (non-hydrogen) atoms. The van der Waals surface area contributed by atoms with Crippen LogP contribution in [0.5, 0.6) is 0 Å². The van der Waals surface area contributed by atoms with Crippen molar-refractivity contribution in [2.75, 3.05) is 10.6 Å². The van der Waals surface area contributed by atoms with Crippen molar-refractivity contribution in [2.24, 2.45) is 0 Å². The third-order valence-electron chi connectivity index (χ3n) is 3.81. The minimum atomic E-state index is -0.481. The van der Waals surface area contributed by atoms with E-state index < -0.39 is 11.7 Å². The number of anilines is 2. The molecule has 0 aliphatic heterocycles. The van der Waals surface area contributed by atoms with Crippen LogP contribution in [0.1, 0.15) is 26.3 Å². The fraction of sp³-hybridized carbons (Fsp3) is 0.0476. The minimum absolute atomic E-state index is 0.127. The lowest BCUT2D eigenvalue weighted by Gasteiger charge is -2.09. The number of nitrogens with one attached hydrogen (secondary N) is 2. The third-order valence-corrected chi connectivity index (χ3v) is 3.81. The fourth-order valence-electron chi connectivity index (χ4n) is 2.41. The summed E-state index contributed by atoms with van der Waals surface area (Å²) in [5.74, 6) is -1.14. The van der Waals surface area contributed by atoms with Crippen molar-refractivity contribution in [3.8, 4) is 0 Å². The maximum atomic E-state index is 13.8. The number of hydrogen-bond acceptors (Lipinski definition) is 2. The molecule has 0 saturated heterocycles. The van der Waals surface area contributed by atoms with Crippen LogP contribution in [-0.4, -0.2) is 11.8 Å². The Bertz CT molecular complexity index is 938. The SMILES string of the molecule is Cc1ccc(NC(=O)c2ccc(NC(=O)c3ccccc3)cc2)c(F)c1. The van der Waals surface area contributed by atoms with Crippen LogP contribution in [-0.2, 0) is 0 Å². The maximum absolute atomic E-state index is 13.8. The van der Waals surface area contributed by atoms with Gasteiger partial charge in [-0.1, -0.05) is 24.3 Å². The van der Waals surface area contributed by atoms with Crippen LogP contribution >= 0.6 is 0 Å². The van der Waals surface area contributed by atoms with Crippen molar-refractivity contribution in [3.05, 3.63) is 95.3 Å². The second kappa shape index (κ2) is 7.61. The molecule has 0 atom stereocenters. The lowest BCUT2D eigenvalue weighted by Crippen LogP contribution is -2.14. The topological polar surface area (TPSA) is 58.2 Å². The van der Waals surface area contributed by atoms with Gasteiger partial charge in [0.25, 0.3) is 11.8 Å². The van der Waals surface area contributed by atoms with Gasteiger partial charge in [-0.2, -0.15) is 0 Å². The van der Waals surface area contributed by atoms with E-state index in [2.05, 4.69) is 10.6 Å². The third kappa shape index (κ3) is 4.13. The molecule has 2 N–H and O–H groups in total. The molecule has 0 fully saturated rings. The number of rotatable bonds is 4. The summed E-state index contributed by atoms with van der Waals surface area (Å²) in [5.41, 5.74) is 2.38. The van der Waals surface area contributed by atoms with Crippen LogP contribution in [0.3, 0.4) is 0 Å². The second-order valence-corrected chi connectivity index (χ2v) is 5.83. The van der Waals surface area contributed by atoms with Crippen LogP contribution in [0.4, 0.5) is 15.8 Å². The quantitative estimate of drug-likeness (QED) is 0.722. The van der Waals surface area contributed by atoms with Gasteiger partial charge < -0.3 is 10.6 Å². The van der Waals surface area contributed by atoms with Gasteiger partial charge in [-0.05, 0) is 61.0 Å². The lowest BCUT2D eigenvalue weighted by molar-refractivity contribution is 0.101. The average Bonchev–Trinajstić information content (AvgIpc) is 2.65. The van der Waals surface area contributed by atoms with Gasteiger partial charge in [-0.15, -0.1) is 0 Å². The summed E-state index contributed by atoms with van der Waals surface area (Å²) in [4.78, 5) is 24.3. The van der Waals surface area contributed by atoms with Gasteiger partial charge in [0.15, 0.2) is 0 Å². The predicted molar refractivity (Wildman–Crippen MR) is 99.9 cm³/mol. The Labute approximate surface area is 150 Å². The first-order valence-electron chi connectivity index (χ1n) is 8.07. The molecule has 2 amide bonds. The summed E-state index contributed by atoms with van der Waals surface area (Å²) < 4.78 is 13.8. The van der Waals surface area contributed by atoms with E-state index >= 15 is 0 Å². The summed E-state index contributed by atoms with van der Waals surface area (Å²) in [7, 11) is 0. The van der Waals surface area contributed by atoms with E-state index in [1.165, 1.54) is 12.1 Å². The zero-order chi connectivity index (χ0) is 18.5. The van der Waals surface area contributed by atoms with Crippen molar-refractivity contribution < 1.29 is 14.0 Å². The molecule has 3 aromatic carbocycles. The van der Waals surface area contributed by atoms with Crippen LogP contribution in [0.15, 0.2) is 72.8 Å². The van der Waals surface area contributed by atoms with Crippen LogP contribution in [0, 0.1) is 12.7 Å². The summed E-state index contributed by atoms with van der Waals surface area (Å²) >= 11 is 0. The van der Waals surface area contributed by atoms with E-state index in [-0.39, 0.29) is 11.6 Å². The Balaban J connectivity index is 1.67. The normalized spacial score (nSPS) is 10.2. The number of carbonyl (C=O) groups is 2. The van der Waals surface area contributed by atoms with Crippen molar-refractivity contribution in [3.63, 3.8) is 0 Å². The van der Waals surface area contributed by atoms with Gasteiger partial charge >= 0.3 is 0 Å². The maximum Gasteiger partial charge on any atom is 0.255 e. The van der Waals surface area contributed by atoms with Gasteiger partial charge in [0.05, 0.1) is 5.69 Å². The Morgan fingerprint density at radius 3 is 2.04 bits per heavy atom. The molecule has 130 valence electrons. The van der Waals surface area contributed by atoms with Crippen molar-refractivity contribution in [1.82, 2.24) is 0 Å². The van der Waals surface area contributed by atoms with Gasteiger partial charge in [-0.25, -0.2) is 4.39 Å². The number of aryl methyl sites for hydroxylation is 1. The predicted octanol–water partition coefficient (Wildman–Crippen LogP) is 4.64. The van der Waals surface area contributed by atoms with E-state index in [0.717, 1.165) is 5.56 Å². The molecule has 0 radical (unpaired) electrons. The zero-order valence-electron chi connectivity index (χ0n) is 14.1. The van der Waals surface area contributed by atoms with Crippen molar-refractivity contribution >= 4 is 23.2 Å². The molecular formula is C21H17FN2O2. The highest BCUT2D eigenvalue weighted by atomic mass is 19.1. The molecular weight excluding hydrogens is 331 g/mol. The molecule has 0 saturated carbocycles. The molecule has 5 heteroatoms. The molecule has 0 bridgehead atoms. The smallest absolute Gasteiger partial charge is 0.255 e. The van der Waals surface area contributed by atoms with Gasteiger partial charge in [0.2, 0.25) is 0 Å². The monoisotopic (exact) mass is 348 g/mol. The molecule has 0 heterocycles. The van der Waals surface area contributed by atoms with Crippen LogP contribution in [0.2, 0.25) is 0 Å². The Morgan fingerprint density at radius 1 is 0.769 bits per heavy atom. The van der Waals surface area contributed by atoms with Crippen molar-refractivity contribution in [2.45, 2.75) is 6.92 Å². The number of halogens is 1. The number of benzene rings is 3. The summed E-state index contributed by atoms with van der Waals surface area (Å²) in [5, 5.41) is 5.30. The summed E-state index contributed by atoms with van der Waals surface area (Å²) in [6, 6.07) is 19.8. The van der Waals surface area contributed by atoms with E-state index in [4.69, 9.17) is 0 Å². The molecule has 0 aliphatic carbocycles. The Hall–Kier alpha value is -3.47. The number of hydrogen-bond donors (Lipinski definition) is 2. The Kier molecular flexibility index (Phi) is 5.08. The van der Waals surface area contributed by atoms with E-state index in [9.17, 15) is 14.0 Å². The zero-order valence-corrected chi connectivity index (χ0v) is 14.1.